The Bertz CT molecular complexity index is 590. The van der Waals surface area contributed by atoms with E-state index in [-0.39, 0.29) is 12.6 Å². The predicted octanol–water partition coefficient (Wildman–Crippen LogP) is 1.30. The second-order valence-corrected chi connectivity index (χ2v) is 4.61. The molecule has 1 atom stereocenters. The van der Waals surface area contributed by atoms with Gasteiger partial charge in [-0.05, 0) is 35.0 Å². The quantitative estimate of drug-likeness (QED) is 0.780. The summed E-state index contributed by atoms with van der Waals surface area (Å²) in [5, 5.41) is 14.7. The van der Waals surface area contributed by atoms with Crippen LogP contribution in [0, 0.1) is 11.6 Å². The van der Waals surface area contributed by atoms with Crippen molar-refractivity contribution in [3.05, 3.63) is 41.2 Å². The van der Waals surface area contributed by atoms with E-state index in [9.17, 15) is 8.78 Å². The van der Waals surface area contributed by atoms with Crippen molar-refractivity contribution >= 4 is 0 Å². The Morgan fingerprint density at radius 2 is 2.14 bits per heavy atom. The van der Waals surface area contributed by atoms with Gasteiger partial charge in [0.2, 0.25) is 0 Å². The number of benzene rings is 1. The Labute approximate surface area is 121 Å². The van der Waals surface area contributed by atoms with Gasteiger partial charge in [-0.25, -0.2) is 13.5 Å². The minimum absolute atomic E-state index is 0.0829. The van der Waals surface area contributed by atoms with Gasteiger partial charge in [-0.15, -0.1) is 5.10 Å². The normalized spacial score (nSPS) is 12.6. The first kappa shape index (κ1) is 15.5. The summed E-state index contributed by atoms with van der Waals surface area (Å²) in [6.45, 7) is 3.43. The van der Waals surface area contributed by atoms with Gasteiger partial charge in [0.15, 0.2) is 17.5 Å². The number of hydrogen-bond donors (Lipinski definition) is 1. The zero-order valence-corrected chi connectivity index (χ0v) is 11.9. The van der Waals surface area contributed by atoms with Crippen LogP contribution in [0.2, 0.25) is 0 Å². The highest BCUT2D eigenvalue weighted by molar-refractivity contribution is 5.18. The molecular weight excluding hydrogens is 280 g/mol. The fourth-order valence-corrected chi connectivity index (χ4v) is 1.91. The van der Waals surface area contributed by atoms with E-state index < -0.39 is 11.6 Å². The van der Waals surface area contributed by atoms with Crippen molar-refractivity contribution in [2.45, 2.75) is 19.5 Å². The second kappa shape index (κ2) is 7.19. The Morgan fingerprint density at radius 3 is 2.86 bits per heavy atom. The Kier molecular flexibility index (Phi) is 5.29. The minimum atomic E-state index is -0.881. The van der Waals surface area contributed by atoms with Crippen molar-refractivity contribution in [2.75, 3.05) is 20.3 Å². The summed E-state index contributed by atoms with van der Waals surface area (Å²) in [7, 11) is 1.62. The number of rotatable bonds is 7. The molecule has 1 aromatic heterocycles. The molecule has 0 amide bonds. The Hall–Kier alpha value is -1.93. The summed E-state index contributed by atoms with van der Waals surface area (Å²) in [6, 6.07) is 3.66. The van der Waals surface area contributed by atoms with Crippen LogP contribution in [0.15, 0.2) is 18.2 Å². The molecule has 1 heterocycles. The van der Waals surface area contributed by atoms with Gasteiger partial charge < -0.3 is 10.1 Å². The zero-order valence-electron chi connectivity index (χ0n) is 11.9. The van der Waals surface area contributed by atoms with Gasteiger partial charge in [0.25, 0.3) is 0 Å². The average Bonchev–Trinajstić information content (AvgIpc) is 2.91. The third-order valence-corrected chi connectivity index (χ3v) is 3.02. The van der Waals surface area contributed by atoms with E-state index in [1.54, 1.807) is 11.8 Å². The van der Waals surface area contributed by atoms with E-state index in [1.165, 1.54) is 6.07 Å². The van der Waals surface area contributed by atoms with Gasteiger partial charge in [0.05, 0.1) is 19.2 Å². The lowest BCUT2D eigenvalue weighted by atomic mass is 10.2. The maximum Gasteiger partial charge on any atom is 0.168 e. The van der Waals surface area contributed by atoms with Crippen LogP contribution in [0.1, 0.15) is 24.4 Å². The van der Waals surface area contributed by atoms with Gasteiger partial charge in [-0.3, -0.25) is 0 Å². The molecule has 2 aromatic rings. The molecule has 0 fully saturated rings. The van der Waals surface area contributed by atoms with Crippen LogP contribution in [0.5, 0.6) is 0 Å². The number of aromatic nitrogens is 4. The molecule has 0 aliphatic rings. The molecule has 6 nitrogen and oxygen atoms in total. The summed E-state index contributed by atoms with van der Waals surface area (Å²) < 4.78 is 32.6. The fourth-order valence-electron chi connectivity index (χ4n) is 1.91. The van der Waals surface area contributed by atoms with E-state index in [0.29, 0.717) is 24.5 Å². The first-order valence-electron chi connectivity index (χ1n) is 6.54. The molecule has 8 heteroatoms. The van der Waals surface area contributed by atoms with Gasteiger partial charge >= 0.3 is 0 Å². The van der Waals surface area contributed by atoms with E-state index >= 15 is 0 Å². The lowest BCUT2D eigenvalue weighted by Crippen LogP contribution is -2.26. The van der Waals surface area contributed by atoms with Crippen molar-refractivity contribution in [3.8, 4) is 0 Å². The molecule has 0 aliphatic heterocycles. The zero-order chi connectivity index (χ0) is 15.2. The van der Waals surface area contributed by atoms with Gasteiger partial charge in [-0.2, -0.15) is 0 Å². The Morgan fingerprint density at radius 1 is 1.33 bits per heavy atom. The van der Waals surface area contributed by atoms with Crippen LogP contribution in [-0.4, -0.2) is 40.5 Å². The van der Waals surface area contributed by atoms with Crippen LogP contribution < -0.4 is 5.32 Å². The van der Waals surface area contributed by atoms with Gasteiger partial charge in [-0.1, -0.05) is 6.07 Å². The molecule has 0 bridgehead atoms. The highest BCUT2D eigenvalue weighted by atomic mass is 19.2. The van der Waals surface area contributed by atoms with E-state index in [1.807, 2.05) is 6.92 Å². The smallest absolute Gasteiger partial charge is 0.168 e. The van der Waals surface area contributed by atoms with Crippen molar-refractivity contribution in [1.29, 1.82) is 0 Å². The van der Waals surface area contributed by atoms with E-state index in [0.717, 1.165) is 12.1 Å². The maximum atomic E-state index is 13.2. The summed E-state index contributed by atoms with van der Waals surface area (Å²) in [5.41, 5.74) is 0.589. The number of hydrogen-bond acceptors (Lipinski definition) is 5. The first-order chi connectivity index (χ1) is 10.1. The van der Waals surface area contributed by atoms with Crippen molar-refractivity contribution in [2.24, 2.45) is 0 Å². The lowest BCUT2D eigenvalue weighted by molar-refractivity contribution is 0.196. The summed E-state index contributed by atoms with van der Waals surface area (Å²) in [5.74, 6) is -1.13. The number of halogens is 2. The average molecular weight is 297 g/mol. The molecule has 1 aromatic carbocycles. The number of methoxy groups -OCH3 is 1. The number of ether oxygens (including phenoxy) is 1. The molecular formula is C13H17F2N5O. The second-order valence-electron chi connectivity index (χ2n) is 4.61. The van der Waals surface area contributed by atoms with Crippen LogP contribution in [0.3, 0.4) is 0 Å². The highest BCUT2D eigenvalue weighted by Gasteiger charge is 2.14. The third kappa shape index (κ3) is 4.02. The van der Waals surface area contributed by atoms with Crippen LogP contribution in [0.4, 0.5) is 8.78 Å². The predicted molar refractivity (Wildman–Crippen MR) is 71.6 cm³/mol. The van der Waals surface area contributed by atoms with Crippen LogP contribution in [-0.2, 0) is 11.3 Å². The van der Waals surface area contributed by atoms with Gasteiger partial charge in [0.1, 0.15) is 0 Å². The SMILES string of the molecule is COCCNC(C)c1nnnn1Cc1ccc(F)c(F)c1. The highest BCUT2D eigenvalue weighted by Crippen LogP contribution is 2.12. The first-order valence-corrected chi connectivity index (χ1v) is 6.54. The maximum absolute atomic E-state index is 13.2. The van der Waals surface area contributed by atoms with Crippen molar-refractivity contribution in [1.82, 2.24) is 25.5 Å². The molecule has 0 radical (unpaired) electrons. The summed E-state index contributed by atoms with van der Waals surface area (Å²) in [6.07, 6.45) is 0. The van der Waals surface area contributed by atoms with Crippen LogP contribution >= 0.6 is 0 Å². The molecule has 21 heavy (non-hydrogen) atoms. The lowest BCUT2D eigenvalue weighted by Gasteiger charge is -2.13. The van der Waals surface area contributed by atoms with E-state index in [2.05, 4.69) is 20.8 Å². The number of tetrazole rings is 1. The molecule has 2 rings (SSSR count). The number of nitrogens with zero attached hydrogens (tertiary/aromatic N) is 4. The molecule has 0 aliphatic carbocycles. The summed E-state index contributed by atoms with van der Waals surface area (Å²) in [4.78, 5) is 0. The van der Waals surface area contributed by atoms with E-state index in [4.69, 9.17) is 4.74 Å². The molecule has 1 unspecified atom stereocenters. The molecule has 0 saturated heterocycles. The van der Waals surface area contributed by atoms with Crippen LogP contribution in [0.25, 0.3) is 0 Å². The Balaban J connectivity index is 2.07. The summed E-state index contributed by atoms with van der Waals surface area (Å²) >= 11 is 0. The molecule has 0 spiro atoms. The van der Waals surface area contributed by atoms with Crippen molar-refractivity contribution in [3.63, 3.8) is 0 Å². The largest absolute Gasteiger partial charge is 0.383 e. The minimum Gasteiger partial charge on any atom is -0.383 e. The van der Waals surface area contributed by atoms with Crippen molar-refractivity contribution < 1.29 is 13.5 Å². The molecule has 114 valence electrons. The molecule has 0 saturated carbocycles. The van der Waals surface area contributed by atoms with Gasteiger partial charge in [0, 0.05) is 13.7 Å². The molecule has 1 N–H and O–H groups in total. The topological polar surface area (TPSA) is 64.9 Å². The monoisotopic (exact) mass is 297 g/mol. The standard InChI is InChI=1S/C13H17F2N5O/c1-9(16-5-6-21-2)13-17-18-19-20(13)8-10-3-4-11(14)12(15)7-10/h3-4,7,9,16H,5-6,8H2,1-2H3. The third-order valence-electron chi connectivity index (χ3n) is 3.02. The fraction of sp³-hybridized carbons (Fsp3) is 0.462. The number of nitrogens with one attached hydrogen (secondary N) is 1.